The maximum absolute atomic E-state index is 11.5. The van der Waals surface area contributed by atoms with Gasteiger partial charge < -0.3 is 4.42 Å². The molecule has 1 aromatic heterocycles. The van der Waals surface area contributed by atoms with Crippen LogP contribution < -0.4 is 4.72 Å². The van der Waals surface area contributed by atoms with Crippen LogP contribution in [0.15, 0.2) is 10.7 Å². The molecule has 0 saturated carbocycles. The van der Waals surface area contributed by atoms with Crippen molar-refractivity contribution in [3.63, 3.8) is 0 Å². The second-order valence-electron chi connectivity index (χ2n) is 3.44. The molecular weight excluding hydrogens is 240 g/mol. The van der Waals surface area contributed by atoms with Crippen molar-refractivity contribution < 1.29 is 12.8 Å². The maximum atomic E-state index is 11.5. The van der Waals surface area contributed by atoms with Gasteiger partial charge in [-0.1, -0.05) is 6.92 Å². The van der Waals surface area contributed by atoms with Crippen LogP contribution in [0.3, 0.4) is 0 Å². The third-order valence-corrected chi connectivity index (χ3v) is 3.65. The van der Waals surface area contributed by atoms with Gasteiger partial charge in [-0.15, -0.1) is 11.6 Å². The summed E-state index contributed by atoms with van der Waals surface area (Å²) >= 11 is 5.53. The molecule has 1 atom stereocenters. The predicted octanol–water partition coefficient (Wildman–Crippen LogP) is 1.60. The fraction of sp³-hybridized carbons (Fsp3) is 0.625. The highest BCUT2D eigenvalue weighted by Gasteiger charge is 2.17. The molecule has 1 unspecified atom stereocenters. The maximum Gasteiger partial charge on any atom is 0.308 e. The molecule has 0 aromatic carbocycles. The number of hydrogen-bond acceptors (Lipinski definition) is 4. The standard InChI is InChI=1S/C8H13ClN2O3S/c1-6(3-9)5-15(12,13)11-8-10-7(2)4-14-8/h4,6H,3,5H2,1-2H3,(H,10,11). The van der Waals surface area contributed by atoms with Crippen molar-refractivity contribution in [2.24, 2.45) is 5.92 Å². The molecule has 0 saturated heterocycles. The largest absolute Gasteiger partial charge is 0.431 e. The molecule has 5 nitrogen and oxygen atoms in total. The Balaban J connectivity index is 2.64. The molecule has 7 heteroatoms. The van der Waals surface area contributed by atoms with Gasteiger partial charge in [0.05, 0.1) is 11.4 Å². The summed E-state index contributed by atoms with van der Waals surface area (Å²) in [5.74, 6) is 0.143. The van der Waals surface area contributed by atoms with Crippen molar-refractivity contribution in [1.82, 2.24) is 4.98 Å². The van der Waals surface area contributed by atoms with Crippen molar-refractivity contribution in [3.05, 3.63) is 12.0 Å². The molecule has 0 fully saturated rings. The van der Waals surface area contributed by atoms with Crippen molar-refractivity contribution in [1.29, 1.82) is 0 Å². The van der Waals surface area contributed by atoms with Gasteiger partial charge in [0.2, 0.25) is 10.0 Å². The Morgan fingerprint density at radius 2 is 2.33 bits per heavy atom. The van der Waals surface area contributed by atoms with Gasteiger partial charge in [0.1, 0.15) is 6.26 Å². The highest BCUT2D eigenvalue weighted by Crippen LogP contribution is 2.10. The monoisotopic (exact) mass is 252 g/mol. The van der Waals surface area contributed by atoms with Crippen molar-refractivity contribution >= 4 is 27.6 Å². The summed E-state index contributed by atoms with van der Waals surface area (Å²) in [5, 5.41) is 0. The fourth-order valence-corrected chi connectivity index (χ4v) is 2.54. The third kappa shape index (κ3) is 4.09. The number of rotatable bonds is 5. The molecule has 0 aliphatic heterocycles. The van der Waals surface area contributed by atoms with Crippen molar-refractivity contribution in [2.75, 3.05) is 16.4 Å². The van der Waals surface area contributed by atoms with E-state index in [0.29, 0.717) is 11.6 Å². The lowest BCUT2D eigenvalue weighted by Crippen LogP contribution is -2.22. The number of hydrogen-bond donors (Lipinski definition) is 1. The summed E-state index contributed by atoms with van der Waals surface area (Å²) in [6, 6.07) is -0.00530. The van der Waals surface area contributed by atoms with Crippen molar-refractivity contribution in [3.8, 4) is 0 Å². The quantitative estimate of drug-likeness (QED) is 0.808. The lowest BCUT2D eigenvalue weighted by atomic mass is 10.3. The molecule has 0 aliphatic carbocycles. The van der Waals surface area contributed by atoms with Crippen LogP contribution in [0, 0.1) is 12.8 Å². The number of sulfonamides is 1. The van der Waals surface area contributed by atoms with E-state index in [-0.39, 0.29) is 17.7 Å². The van der Waals surface area contributed by atoms with Crippen molar-refractivity contribution in [2.45, 2.75) is 13.8 Å². The third-order valence-electron chi connectivity index (χ3n) is 1.63. The smallest absolute Gasteiger partial charge is 0.308 e. The van der Waals surface area contributed by atoms with Crippen LogP contribution in [0.5, 0.6) is 0 Å². The summed E-state index contributed by atoms with van der Waals surface area (Å²) in [5.41, 5.74) is 0.623. The van der Waals surface area contributed by atoms with Gasteiger partial charge in [0.25, 0.3) is 0 Å². The molecule has 86 valence electrons. The SMILES string of the molecule is Cc1coc(NS(=O)(=O)CC(C)CCl)n1. The van der Waals surface area contributed by atoms with E-state index in [2.05, 4.69) is 9.71 Å². The van der Waals surface area contributed by atoms with Gasteiger partial charge in [-0.25, -0.2) is 13.1 Å². The first-order valence-electron chi connectivity index (χ1n) is 4.41. The van der Waals surface area contributed by atoms with Gasteiger partial charge in [0.15, 0.2) is 0 Å². The Kier molecular flexibility index (Phi) is 3.98. The highest BCUT2D eigenvalue weighted by atomic mass is 35.5. The number of anilines is 1. The van der Waals surface area contributed by atoms with E-state index >= 15 is 0 Å². The van der Waals surface area contributed by atoms with E-state index in [0.717, 1.165) is 0 Å². The minimum absolute atomic E-state index is 0.00530. The zero-order chi connectivity index (χ0) is 11.5. The second kappa shape index (κ2) is 4.85. The number of aryl methyl sites for hydroxylation is 1. The van der Waals surface area contributed by atoms with Gasteiger partial charge >= 0.3 is 6.01 Å². The normalized spacial score (nSPS) is 13.8. The molecule has 1 aromatic rings. The first kappa shape index (κ1) is 12.3. The topological polar surface area (TPSA) is 72.2 Å². The summed E-state index contributed by atoms with van der Waals surface area (Å²) in [7, 11) is -3.42. The van der Waals surface area contributed by atoms with Gasteiger partial charge in [0, 0.05) is 5.88 Å². The Labute approximate surface area is 93.9 Å². The molecule has 1 heterocycles. The second-order valence-corrected chi connectivity index (χ2v) is 5.51. The lowest BCUT2D eigenvalue weighted by Gasteiger charge is -2.07. The number of oxazole rings is 1. The van der Waals surface area contributed by atoms with E-state index in [4.69, 9.17) is 16.0 Å². The zero-order valence-corrected chi connectivity index (χ0v) is 10.1. The minimum Gasteiger partial charge on any atom is -0.431 e. The molecular formula is C8H13ClN2O3S. The van der Waals surface area contributed by atoms with E-state index in [9.17, 15) is 8.42 Å². The van der Waals surface area contributed by atoms with Crippen LogP contribution in [0.1, 0.15) is 12.6 Å². The highest BCUT2D eigenvalue weighted by molar-refractivity contribution is 7.92. The number of aromatic nitrogens is 1. The summed E-state index contributed by atoms with van der Waals surface area (Å²) < 4.78 is 30.1. The summed E-state index contributed by atoms with van der Waals surface area (Å²) in [4.78, 5) is 3.84. The molecule has 0 aliphatic rings. The Hall–Kier alpha value is -0.750. The van der Waals surface area contributed by atoms with Crippen LogP contribution in [0.4, 0.5) is 6.01 Å². The minimum atomic E-state index is -3.42. The van der Waals surface area contributed by atoms with Crippen LogP contribution in [0.2, 0.25) is 0 Å². The average Bonchev–Trinajstić information content (AvgIpc) is 2.49. The molecule has 0 bridgehead atoms. The number of alkyl halides is 1. The average molecular weight is 253 g/mol. The molecule has 1 rings (SSSR count). The fourth-order valence-electron chi connectivity index (χ4n) is 0.995. The molecule has 0 spiro atoms. The van der Waals surface area contributed by atoms with E-state index in [1.165, 1.54) is 6.26 Å². The molecule has 0 amide bonds. The first-order chi connectivity index (χ1) is 6.93. The summed E-state index contributed by atoms with van der Waals surface area (Å²) in [6.07, 6.45) is 1.38. The van der Waals surface area contributed by atoms with E-state index in [1.807, 2.05) is 0 Å². The van der Waals surface area contributed by atoms with E-state index < -0.39 is 10.0 Å². The van der Waals surface area contributed by atoms with Gasteiger partial charge in [-0.3, -0.25) is 0 Å². The number of nitrogens with one attached hydrogen (secondary N) is 1. The van der Waals surface area contributed by atoms with Crippen LogP contribution in [-0.2, 0) is 10.0 Å². The van der Waals surface area contributed by atoms with Crippen LogP contribution in [-0.4, -0.2) is 25.0 Å². The van der Waals surface area contributed by atoms with Gasteiger partial charge in [-0.05, 0) is 12.8 Å². The summed E-state index contributed by atoms with van der Waals surface area (Å²) in [6.45, 7) is 3.47. The first-order valence-corrected chi connectivity index (χ1v) is 6.60. The van der Waals surface area contributed by atoms with E-state index in [1.54, 1.807) is 13.8 Å². The lowest BCUT2D eigenvalue weighted by molar-refractivity contribution is 0.565. The van der Waals surface area contributed by atoms with Crippen LogP contribution >= 0.6 is 11.6 Å². The zero-order valence-electron chi connectivity index (χ0n) is 8.53. The Morgan fingerprint density at radius 1 is 1.67 bits per heavy atom. The Bertz CT molecular complexity index is 415. The Morgan fingerprint density at radius 3 is 2.80 bits per heavy atom. The van der Waals surface area contributed by atoms with Crippen LogP contribution in [0.25, 0.3) is 0 Å². The van der Waals surface area contributed by atoms with Gasteiger partial charge in [-0.2, -0.15) is 4.98 Å². The molecule has 1 N–H and O–H groups in total. The predicted molar refractivity (Wildman–Crippen MR) is 58.5 cm³/mol. The molecule has 15 heavy (non-hydrogen) atoms. The number of nitrogens with zero attached hydrogens (tertiary/aromatic N) is 1. The molecule has 0 radical (unpaired) electrons. The number of halogens is 1.